The van der Waals surface area contributed by atoms with E-state index in [0.717, 1.165) is 17.1 Å². The van der Waals surface area contributed by atoms with Crippen molar-refractivity contribution in [2.24, 2.45) is 7.05 Å². The lowest BCUT2D eigenvalue weighted by atomic mass is 10.0. The summed E-state index contributed by atoms with van der Waals surface area (Å²) in [7, 11) is 2.06. The number of rotatable bonds is 5. The molecule has 0 radical (unpaired) electrons. The van der Waals surface area contributed by atoms with Crippen molar-refractivity contribution in [2.75, 3.05) is 4.90 Å². The first-order valence-corrected chi connectivity index (χ1v) is 9.84. The number of hydrogen-bond donors (Lipinski definition) is 1. The zero-order chi connectivity index (χ0) is 19.7. The third-order valence-corrected chi connectivity index (χ3v) is 5.19. The minimum atomic E-state index is -0.0334. The monoisotopic (exact) mass is 392 g/mol. The molecular weight excluding hydrogens is 368 g/mol. The lowest BCUT2D eigenvalue weighted by Gasteiger charge is -2.28. The van der Waals surface area contributed by atoms with Crippen molar-refractivity contribution in [3.8, 4) is 5.75 Å². The van der Waals surface area contributed by atoms with Crippen LogP contribution in [0.4, 0.5) is 5.69 Å². The van der Waals surface area contributed by atoms with Crippen LogP contribution in [-0.2, 0) is 7.05 Å². The molecule has 0 saturated carbocycles. The molecule has 5 nitrogen and oxygen atoms in total. The maximum absolute atomic E-state index is 5.79. The van der Waals surface area contributed by atoms with Crippen molar-refractivity contribution in [1.82, 2.24) is 14.9 Å². The average Bonchev–Trinajstić information content (AvgIpc) is 3.25. The van der Waals surface area contributed by atoms with Crippen LogP contribution >= 0.6 is 12.2 Å². The number of nitrogens with zero attached hydrogens (tertiary/aromatic N) is 3. The van der Waals surface area contributed by atoms with Gasteiger partial charge in [-0.3, -0.25) is 4.98 Å². The molecule has 0 spiro atoms. The van der Waals surface area contributed by atoms with Crippen molar-refractivity contribution in [2.45, 2.75) is 32.0 Å². The first kappa shape index (κ1) is 18.5. The fraction of sp³-hybridized carbons (Fsp3) is 0.273. The van der Waals surface area contributed by atoms with Gasteiger partial charge in [0.25, 0.3) is 0 Å². The fourth-order valence-electron chi connectivity index (χ4n) is 3.67. The van der Waals surface area contributed by atoms with Crippen molar-refractivity contribution < 1.29 is 4.74 Å². The molecule has 144 valence electrons. The SMILES string of the molecule is CC(C)Oc1ccc(N2C(=S)N[C@H](c3ccccn3)[C@@H]2c2cccn2C)cc1. The van der Waals surface area contributed by atoms with Crippen molar-refractivity contribution >= 4 is 23.0 Å². The van der Waals surface area contributed by atoms with Crippen LogP contribution < -0.4 is 15.0 Å². The highest BCUT2D eigenvalue weighted by Gasteiger charge is 2.41. The van der Waals surface area contributed by atoms with E-state index in [4.69, 9.17) is 17.0 Å². The molecule has 6 heteroatoms. The van der Waals surface area contributed by atoms with E-state index in [1.807, 2.05) is 50.4 Å². The molecule has 0 bridgehead atoms. The minimum Gasteiger partial charge on any atom is -0.491 e. The van der Waals surface area contributed by atoms with E-state index in [1.165, 1.54) is 5.69 Å². The largest absolute Gasteiger partial charge is 0.491 e. The summed E-state index contributed by atoms with van der Waals surface area (Å²) < 4.78 is 7.92. The van der Waals surface area contributed by atoms with Crippen LogP contribution in [0.2, 0.25) is 0 Å². The number of hydrogen-bond acceptors (Lipinski definition) is 3. The van der Waals surface area contributed by atoms with Crippen molar-refractivity contribution in [3.63, 3.8) is 0 Å². The Morgan fingerprint density at radius 1 is 1.07 bits per heavy atom. The van der Waals surface area contributed by atoms with Crippen LogP contribution in [0.5, 0.6) is 5.75 Å². The lowest BCUT2D eigenvalue weighted by Crippen LogP contribution is -2.30. The summed E-state index contributed by atoms with van der Waals surface area (Å²) in [5, 5.41) is 4.18. The smallest absolute Gasteiger partial charge is 0.174 e. The highest BCUT2D eigenvalue weighted by atomic mass is 32.1. The summed E-state index contributed by atoms with van der Waals surface area (Å²) >= 11 is 5.74. The zero-order valence-electron chi connectivity index (χ0n) is 16.2. The Morgan fingerprint density at radius 2 is 1.86 bits per heavy atom. The summed E-state index contributed by atoms with van der Waals surface area (Å²) in [5.41, 5.74) is 3.17. The standard InChI is InChI=1S/C22H24N4OS/c1-15(2)27-17-11-9-16(10-12-17)26-21(19-8-6-14-25(19)3)20(24-22(26)28)18-7-4-5-13-23-18/h4-15,20-21H,1-3H3,(H,24,28)/t20-,21+/m1/s1. The zero-order valence-corrected chi connectivity index (χ0v) is 17.1. The van der Waals surface area contributed by atoms with E-state index in [0.29, 0.717) is 5.11 Å². The number of pyridine rings is 1. The van der Waals surface area contributed by atoms with Crippen molar-refractivity contribution in [3.05, 3.63) is 78.4 Å². The van der Waals surface area contributed by atoms with Crippen LogP contribution in [0.1, 0.15) is 37.3 Å². The molecule has 28 heavy (non-hydrogen) atoms. The molecule has 3 heterocycles. The van der Waals surface area contributed by atoms with Crippen LogP contribution in [0, 0.1) is 0 Å². The molecule has 4 rings (SSSR count). The van der Waals surface area contributed by atoms with Gasteiger partial charge < -0.3 is 19.5 Å². The summed E-state index contributed by atoms with van der Waals surface area (Å²) in [6.07, 6.45) is 4.03. The third-order valence-electron chi connectivity index (χ3n) is 4.87. The predicted octanol–water partition coefficient (Wildman–Crippen LogP) is 4.38. The van der Waals surface area contributed by atoms with E-state index in [9.17, 15) is 0 Å². The van der Waals surface area contributed by atoms with Gasteiger partial charge in [0, 0.05) is 30.8 Å². The predicted molar refractivity (Wildman–Crippen MR) is 116 cm³/mol. The third kappa shape index (κ3) is 3.47. The van der Waals surface area contributed by atoms with Gasteiger partial charge in [0.1, 0.15) is 11.8 Å². The molecule has 1 N–H and O–H groups in total. The van der Waals surface area contributed by atoms with Gasteiger partial charge in [-0.1, -0.05) is 6.07 Å². The number of nitrogens with one attached hydrogen (secondary N) is 1. The van der Waals surface area contributed by atoms with E-state index >= 15 is 0 Å². The second-order valence-corrected chi connectivity index (χ2v) is 7.59. The van der Waals surface area contributed by atoms with Gasteiger partial charge in [-0.05, 0) is 74.6 Å². The second kappa shape index (κ2) is 7.64. The molecule has 1 aromatic carbocycles. The van der Waals surface area contributed by atoms with Gasteiger partial charge in [0.05, 0.1) is 17.8 Å². The maximum Gasteiger partial charge on any atom is 0.174 e. The van der Waals surface area contributed by atoms with E-state index in [2.05, 4.69) is 57.3 Å². The Balaban J connectivity index is 1.74. The molecule has 0 amide bonds. The van der Waals surface area contributed by atoms with Gasteiger partial charge in [-0.2, -0.15) is 0 Å². The minimum absolute atomic E-state index is 0.000679. The number of aryl methyl sites for hydroxylation is 1. The maximum atomic E-state index is 5.79. The number of anilines is 1. The molecule has 1 fully saturated rings. The summed E-state index contributed by atoms with van der Waals surface area (Å²) in [6, 6.07) is 18.2. The highest BCUT2D eigenvalue weighted by Crippen LogP contribution is 2.41. The van der Waals surface area contributed by atoms with Crippen molar-refractivity contribution in [1.29, 1.82) is 0 Å². The highest BCUT2D eigenvalue weighted by molar-refractivity contribution is 7.80. The average molecular weight is 393 g/mol. The van der Waals surface area contributed by atoms with E-state index < -0.39 is 0 Å². The van der Waals surface area contributed by atoms with E-state index in [1.54, 1.807) is 0 Å². The molecule has 3 aromatic rings. The van der Waals surface area contributed by atoms with Gasteiger partial charge in [0.2, 0.25) is 0 Å². The van der Waals surface area contributed by atoms with Gasteiger partial charge >= 0.3 is 0 Å². The molecule has 1 saturated heterocycles. The molecule has 1 aliphatic rings. The Morgan fingerprint density at radius 3 is 2.46 bits per heavy atom. The molecule has 2 aromatic heterocycles. The van der Waals surface area contributed by atoms with Crippen LogP contribution in [0.15, 0.2) is 67.0 Å². The van der Waals surface area contributed by atoms with Crippen LogP contribution in [0.3, 0.4) is 0 Å². The fourth-order valence-corrected chi connectivity index (χ4v) is 4.02. The Labute approximate surface area is 171 Å². The van der Waals surface area contributed by atoms with Gasteiger partial charge in [-0.25, -0.2) is 0 Å². The number of benzene rings is 1. The van der Waals surface area contributed by atoms with Gasteiger partial charge in [0.15, 0.2) is 5.11 Å². The molecule has 0 aliphatic carbocycles. The number of thiocarbonyl (C=S) groups is 1. The first-order valence-electron chi connectivity index (χ1n) is 9.43. The Hall–Kier alpha value is -2.86. The molecule has 0 unspecified atom stereocenters. The molecule has 2 atom stereocenters. The summed E-state index contributed by atoms with van der Waals surface area (Å²) in [4.78, 5) is 6.75. The second-order valence-electron chi connectivity index (χ2n) is 7.20. The first-order chi connectivity index (χ1) is 13.5. The van der Waals surface area contributed by atoms with E-state index in [-0.39, 0.29) is 18.2 Å². The quantitative estimate of drug-likeness (QED) is 0.653. The Bertz CT molecular complexity index is 952. The summed E-state index contributed by atoms with van der Waals surface area (Å²) in [5.74, 6) is 0.855. The molecular formula is C22H24N4OS. The molecule has 1 aliphatic heterocycles. The number of ether oxygens (including phenoxy) is 1. The topological polar surface area (TPSA) is 42.3 Å². The Kier molecular flexibility index (Phi) is 5.05. The van der Waals surface area contributed by atoms with Crippen LogP contribution in [0.25, 0.3) is 0 Å². The van der Waals surface area contributed by atoms with Crippen LogP contribution in [-0.4, -0.2) is 20.8 Å². The summed E-state index contributed by atoms with van der Waals surface area (Å²) in [6.45, 7) is 4.05. The lowest BCUT2D eigenvalue weighted by molar-refractivity contribution is 0.242. The number of aromatic nitrogens is 2. The van der Waals surface area contributed by atoms with Gasteiger partial charge in [-0.15, -0.1) is 0 Å². The normalized spacial score (nSPS) is 19.1.